The summed E-state index contributed by atoms with van der Waals surface area (Å²) in [4.78, 5) is 37.4. The monoisotopic (exact) mass is 358 g/mol. The Labute approximate surface area is 144 Å². The number of carbonyl (C=O) groups is 3. The van der Waals surface area contributed by atoms with Gasteiger partial charge in [-0.25, -0.2) is 4.79 Å². The second kappa shape index (κ2) is 6.38. The molecule has 2 aliphatic heterocycles. The van der Waals surface area contributed by atoms with Gasteiger partial charge in [-0.15, -0.1) is 11.8 Å². The van der Waals surface area contributed by atoms with Crippen molar-refractivity contribution in [2.24, 2.45) is 5.73 Å². The fourth-order valence-corrected chi connectivity index (χ4v) is 3.79. The number of methoxy groups -OCH3 is 1. The molecule has 1 saturated heterocycles. The minimum atomic E-state index is -1.47. The molecule has 0 saturated carbocycles. The van der Waals surface area contributed by atoms with Crippen molar-refractivity contribution >= 4 is 29.6 Å². The number of rotatable bonds is 4. The third-order valence-corrected chi connectivity index (χ3v) is 4.92. The third kappa shape index (κ3) is 3.28. The lowest BCUT2D eigenvalue weighted by Crippen LogP contribution is -2.78. The normalized spacial score (nSPS) is 26.7. The molecule has 0 aromatic rings. The van der Waals surface area contributed by atoms with Gasteiger partial charge in [0.25, 0.3) is 5.91 Å². The first-order valence-electron chi connectivity index (χ1n) is 7.39. The lowest BCUT2D eigenvalue weighted by atomic mass is 9.99. The molecule has 24 heavy (non-hydrogen) atoms. The van der Waals surface area contributed by atoms with Crippen LogP contribution >= 0.6 is 11.8 Å². The van der Waals surface area contributed by atoms with Crippen LogP contribution in [0.4, 0.5) is 0 Å². The smallest absolute Gasteiger partial charge is 0.355 e. The largest absolute Gasteiger partial charge is 0.461 e. The zero-order valence-electron chi connectivity index (χ0n) is 14.4. The Morgan fingerprint density at radius 3 is 2.54 bits per heavy atom. The fourth-order valence-electron chi connectivity index (χ4n) is 2.42. The molecule has 0 aromatic carbocycles. The van der Waals surface area contributed by atoms with E-state index in [1.807, 2.05) is 0 Å². The maximum Gasteiger partial charge on any atom is 0.355 e. The molecule has 0 aliphatic carbocycles. The minimum absolute atomic E-state index is 0.0815. The Balaban J connectivity index is 2.36. The zero-order chi connectivity index (χ0) is 18.3. The molecule has 0 unspecified atom stereocenters. The SMILES string of the molecule is CO[C@@]1(N)C(=O)N2C(C(=O)OC(C)(C)C)=C(COC(C)=O)CS[C@@H]21. The number of β-lactam (4-membered cyclic amide) rings is 1. The van der Waals surface area contributed by atoms with Crippen LogP contribution in [0.5, 0.6) is 0 Å². The van der Waals surface area contributed by atoms with E-state index in [0.29, 0.717) is 11.3 Å². The zero-order valence-corrected chi connectivity index (χ0v) is 15.2. The number of esters is 2. The number of carbonyl (C=O) groups excluding carboxylic acids is 3. The van der Waals surface area contributed by atoms with Gasteiger partial charge in [0.05, 0.1) is 0 Å². The number of hydrogen-bond donors (Lipinski definition) is 1. The number of ether oxygens (including phenoxy) is 3. The van der Waals surface area contributed by atoms with Gasteiger partial charge in [-0.05, 0) is 20.8 Å². The van der Waals surface area contributed by atoms with Crippen LogP contribution in [0.2, 0.25) is 0 Å². The van der Waals surface area contributed by atoms with Crippen molar-refractivity contribution in [1.29, 1.82) is 0 Å². The van der Waals surface area contributed by atoms with Crippen molar-refractivity contribution in [1.82, 2.24) is 4.90 Å². The molecule has 1 amide bonds. The van der Waals surface area contributed by atoms with Crippen molar-refractivity contribution in [3.05, 3.63) is 11.3 Å². The molecule has 0 radical (unpaired) electrons. The van der Waals surface area contributed by atoms with Gasteiger partial charge in [0.15, 0.2) is 0 Å². The molecule has 2 atom stereocenters. The summed E-state index contributed by atoms with van der Waals surface area (Å²) >= 11 is 1.35. The van der Waals surface area contributed by atoms with Crippen molar-refractivity contribution in [2.75, 3.05) is 19.5 Å². The number of nitrogens with two attached hydrogens (primary N) is 1. The highest BCUT2D eigenvalue weighted by atomic mass is 32.2. The molecule has 1 fully saturated rings. The Morgan fingerprint density at radius 1 is 1.42 bits per heavy atom. The van der Waals surface area contributed by atoms with Crippen LogP contribution in [0.15, 0.2) is 11.3 Å². The van der Waals surface area contributed by atoms with Gasteiger partial charge in [0.2, 0.25) is 5.72 Å². The van der Waals surface area contributed by atoms with Crippen molar-refractivity contribution in [2.45, 2.75) is 44.4 Å². The molecular formula is C15H22N2O6S. The van der Waals surface area contributed by atoms with Gasteiger partial charge in [-0.1, -0.05) is 0 Å². The summed E-state index contributed by atoms with van der Waals surface area (Å²) in [6.45, 7) is 6.38. The Bertz CT molecular complexity index is 612. The summed E-state index contributed by atoms with van der Waals surface area (Å²) in [6, 6.07) is 0. The third-order valence-electron chi connectivity index (χ3n) is 3.53. The van der Waals surface area contributed by atoms with E-state index in [0.717, 1.165) is 0 Å². The van der Waals surface area contributed by atoms with Gasteiger partial charge < -0.3 is 14.2 Å². The van der Waals surface area contributed by atoms with E-state index in [1.54, 1.807) is 20.8 Å². The second-order valence-electron chi connectivity index (χ2n) is 6.57. The summed E-state index contributed by atoms with van der Waals surface area (Å²) in [5.74, 6) is -1.28. The molecule has 0 aromatic heterocycles. The quantitative estimate of drug-likeness (QED) is 0.436. The predicted octanol–water partition coefficient (Wildman–Crippen LogP) is 0.362. The van der Waals surface area contributed by atoms with E-state index < -0.39 is 34.5 Å². The average Bonchev–Trinajstić information content (AvgIpc) is 2.48. The molecule has 2 aliphatic rings. The van der Waals surface area contributed by atoms with Crippen LogP contribution in [0.25, 0.3) is 0 Å². The molecule has 0 spiro atoms. The number of thioether (sulfide) groups is 1. The fraction of sp³-hybridized carbons (Fsp3) is 0.667. The van der Waals surface area contributed by atoms with Gasteiger partial charge >= 0.3 is 11.9 Å². The summed E-state index contributed by atoms with van der Waals surface area (Å²) in [6.07, 6.45) is 0. The van der Waals surface area contributed by atoms with Crippen LogP contribution in [-0.4, -0.2) is 58.9 Å². The van der Waals surface area contributed by atoms with E-state index in [9.17, 15) is 14.4 Å². The Morgan fingerprint density at radius 2 is 2.04 bits per heavy atom. The highest BCUT2D eigenvalue weighted by Crippen LogP contribution is 2.45. The summed E-state index contributed by atoms with van der Waals surface area (Å²) in [5.41, 5.74) is 4.35. The molecule has 9 heteroatoms. The van der Waals surface area contributed by atoms with Crippen molar-refractivity contribution < 1.29 is 28.6 Å². The maximum atomic E-state index is 12.6. The molecule has 134 valence electrons. The summed E-state index contributed by atoms with van der Waals surface area (Å²) in [7, 11) is 1.35. The van der Waals surface area contributed by atoms with Crippen LogP contribution in [0, 0.1) is 0 Å². The molecular weight excluding hydrogens is 336 g/mol. The van der Waals surface area contributed by atoms with Gasteiger partial charge in [-0.3, -0.25) is 20.2 Å². The van der Waals surface area contributed by atoms with Gasteiger partial charge in [0, 0.05) is 25.4 Å². The topological polar surface area (TPSA) is 108 Å². The van der Waals surface area contributed by atoms with Crippen molar-refractivity contribution in [3.8, 4) is 0 Å². The highest BCUT2D eigenvalue weighted by molar-refractivity contribution is 8.00. The Hall–Kier alpha value is -1.58. The van der Waals surface area contributed by atoms with E-state index in [4.69, 9.17) is 19.9 Å². The summed E-state index contributed by atoms with van der Waals surface area (Å²) < 4.78 is 15.5. The first-order chi connectivity index (χ1) is 11.0. The average molecular weight is 358 g/mol. The van der Waals surface area contributed by atoms with Gasteiger partial charge in [-0.2, -0.15) is 0 Å². The molecule has 2 heterocycles. The lowest BCUT2D eigenvalue weighted by molar-refractivity contribution is -0.185. The summed E-state index contributed by atoms with van der Waals surface area (Å²) in [5, 5.41) is -0.529. The number of hydrogen-bond acceptors (Lipinski definition) is 8. The van der Waals surface area contributed by atoms with Crippen molar-refractivity contribution in [3.63, 3.8) is 0 Å². The first kappa shape index (κ1) is 18.8. The first-order valence-corrected chi connectivity index (χ1v) is 8.44. The van der Waals surface area contributed by atoms with Crippen LogP contribution < -0.4 is 5.73 Å². The van der Waals surface area contributed by atoms with Crippen LogP contribution in [0.1, 0.15) is 27.7 Å². The number of nitrogens with zero attached hydrogens (tertiary/aromatic N) is 1. The molecule has 2 N–H and O–H groups in total. The molecule has 8 nitrogen and oxygen atoms in total. The van der Waals surface area contributed by atoms with Crippen LogP contribution in [-0.2, 0) is 28.6 Å². The minimum Gasteiger partial charge on any atom is -0.461 e. The number of fused-ring (bicyclic) bond motifs is 1. The molecule has 2 rings (SSSR count). The van der Waals surface area contributed by atoms with Crippen LogP contribution in [0.3, 0.4) is 0 Å². The standard InChI is InChI=1S/C15H22N2O6S/c1-8(18)22-6-9-7-24-13-15(16,21-5)12(20)17(13)10(9)11(19)23-14(2,3)4/h13H,6-7,16H2,1-5H3/t13-,15+/m1/s1. The lowest BCUT2D eigenvalue weighted by Gasteiger charge is -2.54. The van der Waals surface area contributed by atoms with E-state index in [2.05, 4.69) is 0 Å². The second-order valence-corrected chi connectivity index (χ2v) is 7.64. The maximum absolute atomic E-state index is 12.6. The molecule has 0 bridgehead atoms. The Kier molecular flexibility index (Phi) is 4.98. The van der Waals surface area contributed by atoms with E-state index in [-0.39, 0.29) is 12.3 Å². The van der Waals surface area contributed by atoms with Gasteiger partial charge in [0.1, 0.15) is 23.3 Å². The highest BCUT2D eigenvalue weighted by Gasteiger charge is 2.63. The van der Waals surface area contributed by atoms with E-state index in [1.165, 1.54) is 30.7 Å². The van der Waals surface area contributed by atoms with E-state index >= 15 is 0 Å². The predicted molar refractivity (Wildman–Crippen MR) is 86.5 cm³/mol. The number of amides is 1.